The number of fused-ring (bicyclic) bond motifs is 1. The molecular formula is C15H10FNO4. The summed E-state index contributed by atoms with van der Waals surface area (Å²) in [5.74, 6) is -2.03. The second kappa shape index (κ2) is 4.90. The van der Waals surface area contributed by atoms with Crippen LogP contribution in [0.15, 0.2) is 51.7 Å². The number of hydrogen-bond donors (Lipinski definition) is 1. The van der Waals surface area contributed by atoms with Crippen molar-refractivity contribution in [1.29, 1.82) is 0 Å². The minimum Gasteiger partial charge on any atom is -0.478 e. The first-order valence-corrected chi connectivity index (χ1v) is 6.16. The van der Waals surface area contributed by atoms with Crippen LogP contribution in [0.4, 0.5) is 4.39 Å². The van der Waals surface area contributed by atoms with Gasteiger partial charge in [-0.15, -0.1) is 0 Å². The molecule has 21 heavy (non-hydrogen) atoms. The average Bonchev–Trinajstić information content (AvgIpc) is 2.76. The van der Waals surface area contributed by atoms with Crippen molar-refractivity contribution in [1.82, 2.24) is 4.57 Å². The maximum absolute atomic E-state index is 12.9. The van der Waals surface area contributed by atoms with E-state index < -0.39 is 11.7 Å². The Morgan fingerprint density at radius 1 is 1.19 bits per heavy atom. The third-order valence-electron chi connectivity index (χ3n) is 3.17. The Morgan fingerprint density at radius 2 is 1.90 bits per heavy atom. The summed E-state index contributed by atoms with van der Waals surface area (Å²) in [6, 6.07) is 10.0. The summed E-state index contributed by atoms with van der Waals surface area (Å²) in [4.78, 5) is 22.8. The Morgan fingerprint density at radius 3 is 2.57 bits per heavy atom. The average molecular weight is 287 g/mol. The quantitative estimate of drug-likeness (QED) is 0.803. The van der Waals surface area contributed by atoms with Gasteiger partial charge in [-0.3, -0.25) is 4.57 Å². The molecule has 0 amide bonds. The number of aromatic nitrogens is 1. The minimum atomic E-state index is -1.09. The van der Waals surface area contributed by atoms with E-state index in [1.807, 2.05) is 0 Å². The summed E-state index contributed by atoms with van der Waals surface area (Å²) >= 11 is 0. The predicted molar refractivity (Wildman–Crippen MR) is 72.9 cm³/mol. The fourth-order valence-corrected chi connectivity index (χ4v) is 2.12. The number of nitrogens with zero attached hydrogens (tertiary/aromatic N) is 1. The van der Waals surface area contributed by atoms with Crippen LogP contribution >= 0.6 is 0 Å². The van der Waals surface area contributed by atoms with Crippen molar-refractivity contribution >= 4 is 17.1 Å². The lowest BCUT2D eigenvalue weighted by molar-refractivity contribution is 0.0697. The monoisotopic (exact) mass is 287 g/mol. The molecule has 0 aliphatic carbocycles. The van der Waals surface area contributed by atoms with Gasteiger partial charge in [-0.2, -0.15) is 0 Å². The zero-order valence-electron chi connectivity index (χ0n) is 10.7. The number of benzene rings is 2. The number of aromatic carboxylic acids is 1. The number of hydrogen-bond acceptors (Lipinski definition) is 3. The standard InChI is InChI=1S/C15H10FNO4/c16-11-4-1-9(2-5-11)8-17-12-6-3-10(14(18)19)7-13(12)21-15(17)20/h1-7H,8H2,(H,18,19). The smallest absolute Gasteiger partial charge is 0.420 e. The molecule has 0 saturated carbocycles. The fourth-order valence-electron chi connectivity index (χ4n) is 2.12. The number of halogens is 1. The van der Waals surface area contributed by atoms with Crippen molar-refractivity contribution in [3.05, 3.63) is 70.0 Å². The third kappa shape index (κ3) is 2.43. The molecule has 2 aromatic carbocycles. The zero-order valence-corrected chi connectivity index (χ0v) is 10.7. The maximum atomic E-state index is 12.9. The maximum Gasteiger partial charge on any atom is 0.420 e. The first-order valence-electron chi connectivity index (χ1n) is 6.16. The Bertz CT molecular complexity index is 877. The number of carboxylic acids is 1. The summed E-state index contributed by atoms with van der Waals surface area (Å²) in [7, 11) is 0. The largest absolute Gasteiger partial charge is 0.478 e. The number of oxazole rings is 1. The molecule has 0 saturated heterocycles. The van der Waals surface area contributed by atoms with Crippen molar-refractivity contribution in [2.24, 2.45) is 0 Å². The van der Waals surface area contributed by atoms with E-state index >= 15 is 0 Å². The van der Waals surface area contributed by atoms with Crippen LogP contribution in [0.25, 0.3) is 11.1 Å². The van der Waals surface area contributed by atoms with Crippen LogP contribution in [0.1, 0.15) is 15.9 Å². The van der Waals surface area contributed by atoms with Crippen LogP contribution in [0.5, 0.6) is 0 Å². The minimum absolute atomic E-state index is 0.0465. The van der Waals surface area contributed by atoms with Crippen molar-refractivity contribution < 1.29 is 18.7 Å². The van der Waals surface area contributed by atoms with Gasteiger partial charge in [0.1, 0.15) is 5.82 Å². The van der Waals surface area contributed by atoms with Gasteiger partial charge in [-0.25, -0.2) is 14.0 Å². The second-order valence-corrected chi connectivity index (χ2v) is 4.57. The first kappa shape index (κ1) is 13.1. The number of carbonyl (C=O) groups is 1. The van der Waals surface area contributed by atoms with Gasteiger partial charge in [0.25, 0.3) is 0 Å². The van der Waals surface area contributed by atoms with Crippen molar-refractivity contribution in [2.45, 2.75) is 6.54 Å². The number of carboxylic acid groups (broad SMARTS) is 1. The van der Waals surface area contributed by atoms with Crippen LogP contribution in [0.3, 0.4) is 0 Å². The van der Waals surface area contributed by atoms with Crippen molar-refractivity contribution in [2.75, 3.05) is 0 Å². The molecule has 0 spiro atoms. The molecule has 0 aliphatic rings. The van der Waals surface area contributed by atoms with Crippen molar-refractivity contribution in [3.63, 3.8) is 0 Å². The first-order chi connectivity index (χ1) is 10.0. The summed E-state index contributed by atoms with van der Waals surface area (Å²) in [6.07, 6.45) is 0. The van der Waals surface area contributed by atoms with Crippen LogP contribution in [-0.4, -0.2) is 15.6 Å². The van der Waals surface area contributed by atoms with Gasteiger partial charge in [0.15, 0.2) is 5.58 Å². The van der Waals surface area contributed by atoms with E-state index in [9.17, 15) is 14.0 Å². The molecule has 0 atom stereocenters. The molecule has 0 aliphatic heterocycles. The Balaban J connectivity index is 2.06. The van der Waals surface area contributed by atoms with Gasteiger partial charge < -0.3 is 9.52 Å². The van der Waals surface area contributed by atoms with Gasteiger partial charge in [-0.05, 0) is 35.9 Å². The molecule has 1 aromatic heterocycles. The molecular weight excluding hydrogens is 277 g/mol. The predicted octanol–water partition coefficient (Wildman–Crippen LogP) is 2.48. The molecule has 0 fully saturated rings. The summed E-state index contributed by atoms with van der Waals surface area (Å²) in [5, 5.41) is 8.92. The van der Waals surface area contributed by atoms with Gasteiger partial charge in [0.05, 0.1) is 17.6 Å². The third-order valence-corrected chi connectivity index (χ3v) is 3.17. The van der Waals surface area contributed by atoms with Gasteiger partial charge in [-0.1, -0.05) is 12.1 Å². The number of rotatable bonds is 3. The molecule has 3 rings (SSSR count). The zero-order chi connectivity index (χ0) is 15.0. The molecule has 5 nitrogen and oxygen atoms in total. The van der Waals surface area contributed by atoms with E-state index in [-0.39, 0.29) is 23.5 Å². The fraction of sp³-hybridized carbons (Fsp3) is 0.0667. The Hall–Kier alpha value is -2.89. The van der Waals surface area contributed by atoms with E-state index in [1.54, 1.807) is 12.1 Å². The highest BCUT2D eigenvalue weighted by Gasteiger charge is 2.12. The van der Waals surface area contributed by atoms with E-state index in [0.29, 0.717) is 5.52 Å². The van der Waals surface area contributed by atoms with E-state index in [4.69, 9.17) is 9.52 Å². The van der Waals surface area contributed by atoms with Crippen LogP contribution in [-0.2, 0) is 6.54 Å². The normalized spacial score (nSPS) is 10.9. The summed E-state index contributed by atoms with van der Waals surface area (Å²) in [5.41, 5.74) is 1.49. The van der Waals surface area contributed by atoms with E-state index in [1.165, 1.54) is 34.9 Å². The lowest BCUT2D eigenvalue weighted by Crippen LogP contribution is -2.14. The van der Waals surface area contributed by atoms with Gasteiger partial charge >= 0.3 is 11.7 Å². The topological polar surface area (TPSA) is 72.4 Å². The molecule has 1 heterocycles. The Kier molecular flexibility index (Phi) is 3.06. The van der Waals surface area contributed by atoms with Gasteiger partial charge in [0.2, 0.25) is 0 Å². The summed E-state index contributed by atoms with van der Waals surface area (Å²) < 4.78 is 19.3. The lowest BCUT2D eigenvalue weighted by Gasteiger charge is -2.02. The molecule has 0 bridgehead atoms. The van der Waals surface area contributed by atoms with Crippen molar-refractivity contribution in [3.8, 4) is 0 Å². The molecule has 6 heteroatoms. The van der Waals surface area contributed by atoms with Crippen LogP contribution in [0, 0.1) is 5.82 Å². The highest BCUT2D eigenvalue weighted by atomic mass is 19.1. The SMILES string of the molecule is O=C(O)c1ccc2c(c1)oc(=O)n2Cc1ccc(F)cc1. The van der Waals surface area contributed by atoms with Gasteiger partial charge in [0, 0.05) is 0 Å². The van der Waals surface area contributed by atoms with Crippen LogP contribution in [0.2, 0.25) is 0 Å². The molecule has 3 aromatic rings. The highest BCUT2D eigenvalue weighted by Crippen LogP contribution is 2.16. The molecule has 106 valence electrons. The summed E-state index contributed by atoms with van der Waals surface area (Å²) in [6.45, 7) is 0.221. The van der Waals surface area contributed by atoms with E-state index in [2.05, 4.69) is 0 Å². The molecule has 1 N–H and O–H groups in total. The van der Waals surface area contributed by atoms with E-state index in [0.717, 1.165) is 5.56 Å². The lowest BCUT2D eigenvalue weighted by atomic mass is 10.2. The second-order valence-electron chi connectivity index (χ2n) is 4.57. The Labute approximate surface area is 117 Å². The highest BCUT2D eigenvalue weighted by molar-refractivity contribution is 5.91. The molecule has 0 unspecified atom stereocenters. The molecule has 0 radical (unpaired) electrons. The van der Waals surface area contributed by atoms with Crippen LogP contribution < -0.4 is 5.76 Å².